The van der Waals surface area contributed by atoms with Crippen LogP contribution in [0.3, 0.4) is 0 Å². The van der Waals surface area contributed by atoms with Crippen molar-refractivity contribution < 1.29 is 9.53 Å². The summed E-state index contributed by atoms with van der Waals surface area (Å²) in [5.74, 6) is 0.368. The molecule has 0 bridgehead atoms. The van der Waals surface area contributed by atoms with Gasteiger partial charge in [-0.3, -0.25) is 4.79 Å². The maximum atomic E-state index is 11.3. The van der Waals surface area contributed by atoms with E-state index in [0.717, 1.165) is 18.8 Å². The van der Waals surface area contributed by atoms with Crippen molar-refractivity contribution in [2.24, 2.45) is 11.7 Å². The first-order valence-electron chi connectivity index (χ1n) is 6.08. The Labute approximate surface area is 97.9 Å². The zero-order valence-electron chi connectivity index (χ0n) is 10.6. The summed E-state index contributed by atoms with van der Waals surface area (Å²) in [5.41, 5.74) is 4.59. The maximum Gasteiger partial charge on any atom is 0.239 e. The molecule has 0 aromatic rings. The normalized spacial score (nSPS) is 29.7. The van der Waals surface area contributed by atoms with Crippen molar-refractivity contribution >= 4 is 5.91 Å². The van der Waals surface area contributed by atoms with E-state index < -0.39 is 5.54 Å². The largest absolute Gasteiger partial charge is 0.376 e. The Morgan fingerprint density at radius 1 is 1.56 bits per heavy atom. The predicted molar refractivity (Wildman–Crippen MR) is 64.0 cm³/mol. The number of hydrogen-bond acceptors (Lipinski definition) is 3. The third-order valence-corrected chi connectivity index (χ3v) is 3.59. The van der Waals surface area contributed by atoms with E-state index in [4.69, 9.17) is 10.5 Å². The summed E-state index contributed by atoms with van der Waals surface area (Å²) < 4.78 is 5.81. The molecule has 0 spiro atoms. The first kappa shape index (κ1) is 13.5. The van der Waals surface area contributed by atoms with Gasteiger partial charge in [0.2, 0.25) is 5.91 Å². The van der Waals surface area contributed by atoms with Gasteiger partial charge in [-0.05, 0) is 32.7 Å². The standard InChI is InChI=1S/C12H24N2O2/c1-9-5-4-6-10(7-9)16-8-12(2,14-3)11(13)15/h9-10,14H,4-8H2,1-3H3,(H2,13,15). The van der Waals surface area contributed by atoms with E-state index >= 15 is 0 Å². The van der Waals surface area contributed by atoms with Crippen molar-refractivity contribution in [3.63, 3.8) is 0 Å². The van der Waals surface area contributed by atoms with Gasteiger partial charge < -0.3 is 15.8 Å². The molecule has 3 unspecified atom stereocenters. The molecule has 1 aliphatic carbocycles. The molecular formula is C12H24N2O2. The first-order chi connectivity index (χ1) is 7.48. The molecule has 3 N–H and O–H groups in total. The second-order valence-electron chi connectivity index (χ2n) is 5.15. The lowest BCUT2D eigenvalue weighted by Gasteiger charge is -2.31. The molecule has 0 radical (unpaired) electrons. The summed E-state index contributed by atoms with van der Waals surface area (Å²) >= 11 is 0. The van der Waals surface area contributed by atoms with Gasteiger partial charge in [0.05, 0.1) is 12.7 Å². The number of amides is 1. The van der Waals surface area contributed by atoms with Crippen LogP contribution in [0.25, 0.3) is 0 Å². The van der Waals surface area contributed by atoms with Gasteiger partial charge in [0.1, 0.15) is 5.54 Å². The van der Waals surface area contributed by atoms with Crippen LogP contribution in [0.4, 0.5) is 0 Å². The second kappa shape index (κ2) is 5.64. The molecule has 3 atom stereocenters. The fourth-order valence-corrected chi connectivity index (χ4v) is 2.08. The average molecular weight is 228 g/mol. The highest BCUT2D eigenvalue weighted by molar-refractivity contribution is 5.84. The molecule has 4 nitrogen and oxygen atoms in total. The number of carbonyl (C=O) groups excluding carboxylic acids is 1. The smallest absolute Gasteiger partial charge is 0.239 e. The third-order valence-electron chi connectivity index (χ3n) is 3.59. The summed E-state index contributed by atoms with van der Waals surface area (Å²) in [7, 11) is 1.73. The summed E-state index contributed by atoms with van der Waals surface area (Å²) in [6.45, 7) is 4.39. The quantitative estimate of drug-likeness (QED) is 0.739. The van der Waals surface area contributed by atoms with E-state index in [1.54, 1.807) is 14.0 Å². The van der Waals surface area contributed by atoms with Crippen LogP contribution in [0, 0.1) is 5.92 Å². The Morgan fingerprint density at radius 2 is 2.25 bits per heavy atom. The summed E-state index contributed by atoms with van der Waals surface area (Å²) in [6, 6.07) is 0. The molecule has 4 heteroatoms. The minimum Gasteiger partial charge on any atom is -0.376 e. The van der Waals surface area contributed by atoms with Crippen LogP contribution in [-0.4, -0.2) is 31.2 Å². The van der Waals surface area contributed by atoms with Crippen LogP contribution in [0.2, 0.25) is 0 Å². The van der Waals surface area contributed by atoms with Crippen molar-refractivity contribution in [2.45, 2.75) is 51.2 Å². The highest BCUT2D eigenvalue weighted by Crippen LogP contribution is 2.26. The molecule has 0 heterocycles. The van der Waals surface area contributed by atoms with Gasteiger partial charge in [0.25, 0.3) is 0 Å². The molecular weight excluding hydrogens is 204 g/mol. The highest BCUT2D eigenvalue weighted by Gasteiger charge is 2.31. The van der Waals surface area contributed by atoms with Crippen molar-refractivity contribution in [1.82, 2.24) is 5.32 Å². The van der Waals surface area contributed by atoms with Gasteiger partial charge in [-0.15, -0.1) is 0 Å². The lowest BCUT2D eigenvalue weighted by Crippen LogP contribution is -2.55. The molecule has 0 aromatic heterocycles. The number of primary amides is 1. The Hall–Kier alpha value is -0.610. The van der Waals surface area contributed by atoms with Crippen LogP contribution >= 0.6 is 0 Å². The van der Waals surface area contributed by atoms with Crippen molar-refractivity contribution in [1.29, 1.82) is 0 Å². The monoisotopic (exact) mass is 228 g/mol. The molecule has 16 heavy (non-hydrogen) atoms. The van der Waals surface area contributed by atoms with Gasteiger partial charge in [-0.25, -0.2) is 0 Å². The number of carbonyl (C=O) groups is 1. The van der Waals surface area contributed by atoms with E-state index in [1.807, 2.05) is 0 Å². The van der Waals surface area contributed by atoms with Gasteiger partial charge >= 0.3 is 0 Å². The lowest BCUT2D eigenvalue weighted by molar-refractivity contribution is -0.127. The van der Waals surface area contributed by atoms with Gasteiger partial charge in [0, 0.05) is 0 Å². The van der Waals surface area contributed by atoms with Crippen molar-refractivity contribution in [3.05, 3.63) is 0 Å². The third kappa shape index (κ3) is 3.46. The summed E-state index contributed by atoms with van der Waals surface area (Å²) in [5, 5.41) is 2.93. The highest BCUT2D eigenvalue weighted by atomic mass is 16.5. The SMILES string of the molecule is CNC(C)(COC1CCCC(C)C1)C(N)=O. The zero-order valence-corrected chi connectivity index (χ0v) is 10.6. The van der Waals surface area contributed by atoms with Crippen LogP contribution < -0.4 is 11.1 Å². The van der Waals surface area contributed by atoms with E-state index in [9.17, 15) is 4.79 Å². The van der Waals surface area contributed by atoms with E-state index in [2.05, 4.69) is 12.2 Å². The van der Waals surface area contributed by atoms with Gasteiger partial charge in [-0.1, -0.05) is 19.8 Å². The number of nitrogens with two attached hydrogens (primary N) is 1. The molecule has 0 aliphatic heterocycles. The Bertz CT molecular complexity index is 245. The number of ether oxygens (including phenoxy) is 1. The molecule has 94 valence electrons. The number of rotatable bonds is 5. The molecule has 1 saturated carbocycles. The zero-order chi connectivity index (χ0) is 12.2. The number of likely N-dealkylation sites (N-methyl/N-ethyl adjacent to an activating group) is 1. The van der Waals surface area contributed by atoms with E-state index in [1.165, 1.54) is 12.8 Å². The maximum absolute atomic E-state index is 11.3. The van der Waals surface area contributed by atoms with Crippen LogP contribution in [0.15, 0.2) is 0 Å². The fourth-order valence-electron chi connectivity index (χ4n) is 2.08. The minimum atomic E-state index is -0.749. The van der Waals surface area contributed by atoms with E-state index in [-0.39, 0.29) is 12.0 Å². The Balaban J connectivity index is 2.40. The summed E-state index contributed by atoms with van der Waals surface area (Å²) in [4.78, 5) is 11.3. The lowest BCUT2D eigenvalue weighted by atomic mass is 9.88. The van der Waals surface area contributed by atoms with Gasteiger partial charge in [-0.2, -0.15) is 0 Å². The molecule has 0 saturated heterocycles. The number of nitrogens with one attached hydrogen (secondary N) is 1. The van der Waals surface area contributed by atoms with Gasteiger partial charge in [0.15, 0.2) is 0 Å². The predicted octanol–water partition coefficient (Wildman–Crippen LogP) is 1.05. The van der Waals surface area contributed by atoms with Crippen LogP contribution in [0.5, 0.6) is 0 Å². The van der Waals surface area contributed by atoms with Crippen LogP contribution in [-0.2, 0) is 9.53 Å². The van der Waals surface area contributed by atoms with Crippen LogP contribution in [0.1, 0.15) is 39.5 Å². The molecule has 0 aromatic carbocycles. The second-order valence-corrected chi connectivity index (χ2v) is 5.15. The van der Waals surface area contributed by atoms with Crippen molar-refractivity contribution in [2.75, 3.05) is 13.7 Å². The minimum absolute atomic E-state index is 0.288. The molecule has 1 aliphatic rings. The first-order valence-corrected chi connectivity index (χ1v) is 6.08. The van der Waals surface area contributed by atoms with Crippen molar-refractivity contribution in [3.8, 4) is 0 Å². The molecule has 1 amide bonds. The number of hydrogen-bond donors (Lipinski definition) is 2. The Kier molecular flexibility index (Phi) is 4.74. The average Bonchev–Trinajstić information content (AvgIpc) is 2.26. The molecule has 1 rings (SSSR count). The fraction of sp³-hybridized carbons (Fsp3) is 0.917. The molecule has 1 fully saturated rings. The van der Waals surface area contributed by atoms with E-state index in [0.29, 0.717) is 6.61 Å². The topological polar surface area (TPSA) is 64.3 Å². The Morgan fingerprint density at radius 3 is 2.75 bits per heavy atom. The summed E-state index contributed by atoms with van der Waals surface area (Å²) in [6.07, 6.45) is 5.00.